The summed E-state index contributed by atoms with van der Waals surface area (Å²) in [6.07, 6.45) is 2.15. The van der Waals surface area contributed by atoms with Crippen LogP contribution in [0.1, 0.15) is 40.0 Å². The van der Waals surface area contributed by atoms with Crippen molar-refractivity contribution in [3.05, 3.63) is 28.2 Å². The molecule has 0 N–H and O–H groups in total. The summed E-state index contributed by atoms with van der Waals surface area (Å²) >= 11 is 2.93. The van der Waals surface area contributed by atoms with Crippen molar-refractivity contribution < 1.29 is 23.0 Å². The molecule has 1 aromatic rings. The van der Waals surface area contributed by atoms with Crippen LogP contribution in [0.25, 0.3) is 0 Å². The minimum absolute atomic E-state index is 0.0758. The minimum atomic E-state index is -0.590. The Kier molecular flexibility index (Phi) is 6.65. The number of amides is 1. The first-order chi connectivity index (χ1) is 11.7. The highest BCUT2D eigenvalue weighted by Gasteiger charge is 2.26. The van der Waals surface area contributed by atoms with Gasteiger partial charge in [0.05, 0.1) is 11.1 Å². The van der Waals surface area contributed by atoms with Crippen LogP contribution in [-0.2, 0) is 4.74 Å². The molecule has 0 aliphatic carbocycles. The quantitative estimate of drug-likeness (QED) is 0.633. The fourth-order valence-electron chi connectivity index (χ4n) is 2.68. The van der Waals surface area contributed by atoms with E-state index in [4.69, 9.17) is 9.47 Å². The first-order valence-corrected chi connectivity index (χ1v) is 9.20. The summed E-state index contributed by atoms with van der Waals surface area (Å²) in [7, 11) is 0. The number of rotatable bonds is 4. The van der Waals surface area contributed by atoms with Crippen LogP contribution < -0.4 is 4.74 Å². The number of hydrogen-bond acceptors (Lipinski definition) is 3. The van der Waals surface area contributed by atoms with Gasteiger partial charge in [0.25, 0.3) is 0 Å². The normalized spacial score (nSPS) is 16.0. The van der Waals surface area contributed by atoms with Crippen molar-refractivity contribution in [1.29, 1.82) is 0 Å². The van der Waals surface area contributed by atoms with Gasteiger partial charge in [0.1, 0.15) is 11.4 Å². The topological polar surface area (TPSA) is 38.8 Å². The number of nitrogens with zero attached hydrogens (tertiary/aromatic N) is 1. The monoisotopic (exact) mass is 419 g/mol. The van der Waals surface area contributed by atoms with Crippen LogP contribution in [0, 0.1) is 17.6 Å². The molecule has 1 fully saturated rings. The molecule has 0 spiro atoms. The molecular weight excluding hydrogens is 396 g/mol. The highest BCUT2D eigenvalue weighted by Crippen LogP contribution is 2.26. The summed E-state index contributed by atoms with van der Waals surface area (Å²) in [6, 6.07) is 2.11. The SMILES string of the molecule is CC(C)(C)OC(=O)N1CCC(CCOc2cc(F)c(Br)cc2F)CC1. The second-order valence-electron chi connectivity index (χ2n) is 7.24. The minimum Gasteiger partial charge on any atom is -0.490 e. The van der Waals surface area contributed by atoms with E-state index in [0.29, 0.717) is 25.6 Å². The van der Waals surface area contributed by atoms with E-state index in [1.165, 1.54) is 0 Å². The molecule has 0 bridgehead atoms. The lowest BCUT2D eigenvalue weighted by Gasteiger charge is -2.33. The Morgan fingerprint density at radius 2 is 1.88 bits per heavy atom. The lowest BCUT2D eigenvalue weighted by molar-refractivity contribution is 0.0177. The fourth-order valence-corrected chi connectivity index (χ4v) is 3.00. The standard InChI is InChI=1S/C18H24BrF2NO3/c1-18(2,3)25-17(23)22-7-4-12(5-8-22)6-9-24-16-11-14(20)13(19)10-15(16)21/h10-12H,4-9H2,1-3H3. The molecule has 0 saturated carbocycles. The van der Waals surface area contributed by atoms with Gasteiger partial charge in [0.2, 0.25) is 0 Å². The van der Waals surface area contributed by atoms with Crippen LogP contribution in [-0.4, -0.2) is 36.3 Å². The average Bonchev–Trinajstić information content (AvgIpc) is 2.51. The molecule has 1 heterocycles. The Morgan fingerprint density at radius 1 is 1.24 bits per heavy atom. The Balaban J connectivity index is 1.74. The third kappa shape index (κ3) is 6.13. The molecule has 0 atom stereocenters. The Labute approximate surface area is 155 Å². The van der Waals surface area contributed by atoms with Crippen molar-refractivity contribution >= 4 is 22.0 Å². The van der Waals surface area contributed by atoms with Gasteiger partial charge in [-0.15, -0.1) is 0 Å². The van der Waals surface area contributed by atoms with E-state index in [1.807, 2.05) is 20.8 Å². The summed E-state index contributed by atoms with van der Waals surface area (Å²) in [6.45, 7) is 7.13. The van der Waals surface area contributed by atoms with E-state index in [0.717, 1.165) is 31.4 Å². The Bertz CT molecular complexity index is 611. The Morgan fingerprint density at radius 3 is 2.48 bits per heavy atom. The van der Waals surface area contributed by atoms with Crippen LogP contribution in [0.2, 0.25) is 0 Å². The number of hydrogen-bond donors (Lipinski definition) is 0. The molecule has 1 aliphatic rings. The number of halogens is 3. The van der Waals surface area contributed by atoms with Crippen LogP contribution >= 0.6 is 15.9 Å². The van der Waals surface area contributed by atoms with E-state index in [2.05, 4.69) is 15.9 Å². The molecule has 1 saturated heterocycles. The number of ether oxygens (including phenoxy) is 2. The van der Waals surface area contributed by atoms with E-state index < -0.39 is 17.2 Å². The van der Waals surface area contributed by atoms with Gasteiger partial charge in [-0.3, -0.25) is 0 Å². The van der Waals surface area contributed by atoms with Gasteiger partial charge in [0.15, 0.2) is 11.6 Å². The van der Waals surface area contributed by atoms with Crippen LogP contribution in [0.4, 0.5) is 13.6 Å². The molecule has 0 unspecified atom stereocenters. The molecule has 1 aromatic carbocycles. The molecule has 0 radical (unpaired) electrons. The number of likely N-dealkylation sites (tertiary alicyclic amines) is 1. The summed E-state index contributed by atoms with van der Waals surface area (Å²) in [5.41, 5.74) is -0.494. The average molecular weight is 420 g/mol. The number of carbonyl (C=O) groups excluding carboxylic acids is 1. The second-order valence-corrected chi connectivity index (χ2v) is 8.10. The fraction of sp³-hybridized carbons (Fsp3) is 0.611. The van der Waals surface area contributed by atoms with Gasteiger partial charge in [-0.1, -0.05) is 0 Å². The number of carbonyl (C=O) groups is 1. The van der Waals surface area contributed by atoms with Gasteiger partial charge in [0, 0.05) is 19.2 Å². The van der Waals surface area contributed by atoms with E-state index >= 15 is 0 Å². The van der Waals surface area contributed by atoms with E-state index in [1.54, 1.807) is 4.90 Å². The molecule has 1 amide bonds. The molecule has 25 heavy (non-hydrogen) atoms. The second kappa shape index (κ2) is 8.34. The van der Waals surface area contributed by atoms with Crippen molar-refractivity contribution in [3.63, 3.8) is 0 Å². The molecule has 7 heteroatoms. The van der Waals surface area contributed by atoms with Crippen molar-refractivity contribution in [2.45, 2.75) is 45.6 Å². The zero-order valence-electron chi connectivity index (χ0n) is 14.8. The molecule has 1 aliphatic heterocycles. The predicted octanol–water partition coefficient (Wildman–Crippen LogP) is 5.14. The van der Waals surface area contributed by atoms with Gasteiger partial charge in [-0.05, 0) is 67.9 Å². The maximum atomic E-state index is 13.7. The van der Waals surface area contributed by atoms with E-state index in [9.17, 15) is 13.6 Å². The molecule has 0 aromatic heterocycles. The summed E-state index contributed by atoms with van der Waals surface area (Å²) in [5, 5.41) is 0. The van der Waals surface area contributed by atoms with Gasteiger partial charge >= 0.3 is 6.09 Å². The maximum absolute atomic E-state index is 13.7. The third-order valence-electron chi connectivity index (χ3n) is 4.02. The number of piperidine rings is 1. The zero-order chi connectivity index (χ0) is 18.6. The molecule has 140 valence electrons. The Hall–Kier alpha value is -1.37. The van der Waals surface area contributed by atoms with Crippen molar-refractivity contribution in [2.24, 2.45) is 5.92 Å². The van der Waals surface area contributed by atoms with Crippen LogP contribution in [0.15, 0.2) is 16.6 Å². The lowest BCUT2D eigenvalue weighted by atomic mass is 9.94. The maximum Gasteiger partial charge on any atom is 0.410 e. The van der Waals surface area contributed by atoms with Gasteiger partial charge in [-0.2, -0.15) is 0 Å². The number of benzene rings is 1. The van der Waals surface area contributed by atoms with Gasteiger partial charge in [-0.25, -0.2) is 13.6 Å². The third-order valence-corrected chi connectivity index (χ3v) is 4.63. The predicted molar refractivity (Wildman–Crippen MR) is 94.7 cm³/mol. The largest absolute Gasteiger partial charge is 0.490 e. The first kappa shape index (κ1) is 19.9. The molecule has 2 rings (SSSR count). The summed E-state index contributed by atoms with van der Waals surface area (Å²) in [4.78, 5) is 13.7. The van der Waals surface area contributed by atoms with Crippen molar-refractivity contribution in [3.8, 4) is 5.75 Å². The zero-order valence-corrected chi connectivity index (χ0v) is 16.4. The highest BCUT2D eigenvalue weighted by molar-refractivity contribution is 9.10. The van der Waals surface area contributed by atoms with Crippen LogP contribution in [0.3, 0.4) is 0 Å². The molecule has 4 nitrogen and oxygen atoms in total. The lowest BCUT2D eigenvalue weighted by Crippen LogP contribution is -2.41. The van der Waals surface area contributed by atoms with E-state index in [-0.39, 0.29) is 16.3 Å². The van der Waals surface area contributed by atoms with Crippen molar-refractivity contribution in [2.75, 3.05) is 19.7 Å². The summed E-state index contributed by atoms with van der Waals surface area (Å²) < 4.78 is 37.9. The first-order valence-electron chi connectivity index (χ1n) is 8.41. The smallest absolute Gasteiger partial charge is 0.410 e. The highest BCUT2D eigenvalue weighted by atomic mass is 79.9. The summed E-state index contributed by atoms with van der Waals surface area (Å²) in [5.74, 6) is -0.830. The van der Waals surface area contributed by atoms with Crippen molar-refractivity contribution in [1.82, 2.24) is 4.90 Å². The van der Waals surface area contributed by atoms with Gasteiger partial charge < -0.3 is 14.4 Å². The molecular formula is C18H24BrF2NO3. The van der Waals surface area contributed by atoms with Crippen LogP contribution in [0.5, 0.6) is 5.75 Å².